The first-order valence-electron chi connectivity index (χ1n) is 14.0. The highest BCUT2D eigenvalue weighted by atomic mass is 16.6. The second-order valence-electron chi connectivity index (χ2n) is 14.8. The molecule has 4 nitrogen and oxygen atoms in total. The first-order valence-corrected chi connectivity index (χ1v) is 14.0. The van der Waals surface area contributed by atoms with Crippen LogP contribution in [-0.2, 0) is 14.3 Å². The summed E-state index contributed by atoms with van der Waals surface area (Å²) in [5, 5.41) is 10.1. The molecule has 4 unspecified atom stereocenters. The van der Waals surface area contributed by atoms with Crippen LogP contribution in [0.3, 0.4) is 0 Å². The van der Waals surface area contributed by atoms with Crippen molar-refractivity contribution in [2.75, 3.05) is 0 Å². The van der Waals surface area contributed by atoms with Gasteiger partial charge in [0.15, 0.2) is 5.78 Å². The van der Waals surface area contributed by atoms with Gasteiger partial charge in [0.1, 0.15) is 22.6 Å². The minimum Gasteiger partial charge on any atom is -0.383 e. The Morgan fingerprint density at radius 1 is 1.00 bits per heavy atom. The molecule has 1 saturated heterocycles. The number of hydrogen-bond donors (Lipinski definition) is 1. The summed E-state index contributed by atoms with van der Waals surface area (Å²) >= 11 is 0. The molecule has 4 aliphatic carbocycles. The number of Topliss-reactive ketones (excluding diaryl/α,β-unsaturated/α-hetero) is 2. The molecule has 0 aromatic carbocycles. The van der Waals surface area contributed by atoms with Crippen LogP contribution in [0.1, 0.15) is 120 Å². The molecule has 5 rings (SSSR count). The van der Waals surface area contributed by atoms with Crippen molar-refractivity contribution >= 4 is 11.6 Å². The Labute approximate surface area is 207 Å². The van der Waals surface area contributed by atoms with Crippen molar-refractivity contribution in [3.05, 3.63) is 0 Å². The lowest BCUT2D eigenvalue weighted by Gasteiger charge is -2.62. The molecule has 5 aliphatic rings. The van der Waals surface area contributed by atoms with E-state index < -0.39 is 5.60 Å². The van der Waals surface area contributed by atoms with Gasteiger partial charge in [0.25, 0.3) is 0 Å². The van der Waals surface area contributed by atoms with Gasteiger partial charge in [-0.3, -0.25) is 9.59 Å². The lowest BCUT2D eigenvalue weighted by atomic mass is 9.38. The fourth-order valence-electron chi connectivity index (χ4n) is 10.6. The van der Waals surface area contributed by atoms with Gasteiger partial charge < -0.3 is 9.84 Å². The second kappa shape index (κ2) is 6.97. The van der Waals surface area contributed by atoms with E-state index in [0.29, 0.717) is 36.4 Å². The molecule has 4 saturated carbocycles. The van der Waals surface area contributed by atoms with E-state index in [-0.39, 0.29) is 38.6 Å². The zero-order valence-electron chi connectivity index (χ0n) is 23.0. The molecule has 0 bridgehead atoms. The molecule has 1 N–H and O–H groups in total. The lowest BCUT2D eigenvalue weighted by molar-refractivity contribution is -0.154. The Morgan fingerprint density at radius 3 is 2.32 bits per heavy atom. The fraction of sp³-hybridized carbons (Fsp3) is 0.933. The number of carbonyl (C=O) groups is 2. The molecule has 0 amide bonds. The van der Waals surface area contributed by atoms with Gasteiger partial charge in [-0.2, -0.15) is 0 Å². The molecule has 5 fully saturated rings. The highest BCUT2D eigenvalue weighted by molar-refractivity contribution is 5.86. The number of ether oxygens (including phenoxy) is 1. The van der Waals surface area contributed by atoms with Crippen LogP contribution in [0.25, 0.3) is 0 Å². The van der Waals surface area contributed by atoms with E-state index in [2.05, 4.69) is 41.5 Å². The largest absolute Gasteiger partial charge is 0.383 e. The second-order valence-corrected chi connectivity index (χ2v) is 14.8. The SMILES string of the molecule is CC(CCC(=O)C(C)(C)O)C1CC[C@@]2(C)C34CC[C@H]5C(C)(C)C(=O)CC[C@]5(C)C3(CC[C@]12C)O4. The predicted molar refractivity (Wildman–Crippen MR) is 133 cm³/mol. The van der Waals surface area contributed by atoms with E-state index in [1.54, 1.807) is 13.8 Å². The van der Waals surface area contributed by atoms with Crippen molar-refractivity contribution in [2.24, 2.45) is 39.4 Å². The molecule has 192 valence electrons. The third-order valence-corrected chi connectivity index (χ3v) is 13.0. The summed E-state index contributed by atoms with van der Waals surface area (Å²) in [6.45, 7) is 17.5. The number of epoxide rings is 1. The molecule has 34 heavy (non-hydrogen) atoms. The van der Waals surface area contributed by atoms with Crippen LogP contribution in [0.4, 0.5) is 0 Å². The predicted octanol–water partition coefficient (Wildman–Crippen LogP) is 6.27. The van der Waals surface area contributed by atoms with Crippen molar-refractivity contribution in [3.63, 3.8) is 0 Å². The third kappa shape index (κ3) is 2.68. The minimum absolute atomic E-state index is 0.0437. The van der Waals surface area contributed by atoms with Crippen molar-refractivity contribution in [1.29, 1.82) is 0 Å². The van der Waals surface area contributed by atoms with Crippen LogP contribution in [0.15, 0.2) is 0 Å². The quantitative estimate of drug-likeness (QED) is 0.479. The van der Waals surface area contributed by atoms with Gasteiger partial charge >= 0.3 is 0 Å². The Balaban J connectivity index is 1.42. The van der Waals surface area contributed by atoms with Crippen molar-refractivity contribution in [3.8, 4) is 0 Å². The highest BCUT2D eigenvalue weighted by Crippen LogP contribution is 2.86. The molecule has 0 aromatic rings. The monoisotopic (exact) mass is 472 g/mol. The van der Waals surface area contributed by atoms with Crippen LogP contribution in [0.5, 0.6) is 0 Å². The molecule has 1 aliphatic heterocycles. The number of carbonyl (C=O) groups excluding carboxylic acids is 2. The minimum atomic E-state index is -1.23. The van der Waals surface area contributed by atoms with Gasteiger partial charge in [0.05, 0.1) is 0 Å². The average molecular weight is 473 g/mol. The van der Waals surface area contributed by atoms with Crippen molar-refractivity contribution in [2.45, 2.75) is 136 Å². The fourth-order valence-corrected chi connectivity index (χ4v) is 10.6. The summed E-state index contributed by atoms with van der Waals surface area (Å²) in [6, 6.07) is 0. The third-order valence-electron chi connectivity index (χ3n) is 13.0. The molecule has 0 radical (unpaired) electrons. The summed E-state index contributed by atoms with van der Waals surface area (Å²) in [5.41, 5.74) is -1.18. The van der Waals surface area contributed by atoms with Crippen molar-refractivity contribution < 1.29 is 19.4 Å². The molecule has 1 heterocycles. The van der Waals surface area contributed by atoms with Crippen LogP contribution in [0.2, 0.25) is 0 Å². The van der Waals surface area contributed by atoms with E-state index in [4.69, 9.17) is 4.74 Å². The highest BCUT2D eigenvalue weighted by Gasteiger charge is 2.90. The summed E-state index contributed by atoms with van der Waals surface area (Å²) in [6.07, 6.45) is 9.88. The van der Waals surface area contributed by atoms with E-state index in [1.807, 2.05) is 0 Å². The molecule has 8 atom stereocenters. The van der Waals surface area contributed by atoms with Crippen LogP contribution in [-0.4, -0.2) is 33.5 Å². The van der Waals surface area contributed by atoms with Crippen LogP contribution >= 0.6 is 0 Å². The maximum Gasteiger partial charge on any atom is 0.163 e. The normalized spacial score (nSPS) is 50.0. The van der Waals surface area contributed by atoms with Gasteiger partial charge in [-0.25, -0.2) is 0 Å². The maximum absolute atomic E-state index is 12.9. The average Bonchev–Trinajstić information content (AvgIpc) is 3.37. The molecule has 0 spiro atoms. The molecular weight excluding hydrogens is 424 g/mol. The standard InChI is InChI=1S/C30H48O4/c1-19(9-10-23(32)25(4,5)33)20-11-15-28(8)26(20,6)17-18-29-27(7)14-13-22(31)24(2,3)21(27)12-16-30(28,29)34-29/h19-21,33H,9-18H2,1-8H3/t19?,20?,21-,26+,27-,28+,29?,30?/m0/s1. The van der Waals surface area contributed by atoms with Crippen LogP contribution < -0.4 is 0 Å². The van der Waals surface area contributed by atoms with Gasteiger partial charge in [0, 0.05) is 29.1 Å². The van der Waals surface area contributed by atoms with E-state index >= 15 is 0 Å². The number of rotatable bonds is 5. The van der Waals surface area contributed by atoms with Gasteiger partial charge in [0.2, 0.25) is 0 Å². The first kappa shape index (κ1) is 24.9. The van der Waals surface area contributed by atoms with E-state index in [0.717, 1.165) is 32.1 Å². The number of hydrogen-bond acceptors (Lipinski definition) is 4. The zero-order chi connectivity index (χ0) is 25.2. The summed E-state index contributed by atoms with van der Waals surface area (Å²) in [5.74, 6) is 1.85. The topological polar surface area (TPSA) is 66.9 Å². The maximum atomic E-state index is 12.9. The van der Waals surface area contributed by atoms with E-state index in [1.165, 1.54) is 19.3 Å². The molecular formula is C30H48O4. The van der Waals surface area contributed by atoms with Crippen molar-refractivity contribution in [1.82, 2.24) is 0 Å². The Bertz CT molecular complexity index is 915. The Hall–Kier alpha value is -0.740. The smallest absolute Gasteiger partial charge is 0.163 e. The molecule has 4 heteroatoms. The lowest BCUT2D eigenvalue weighted by Crippen LogP contribution is -2.65. The summed E-state index contributed by atoms with van der Waals surface area (Å²) in [4.78, 5) is 25.3. The first-order chi connectivity index (χ1) is 15.5. The summed E-state index contributed by atoms with van der Waals surface area (Å²) in [7, 11) is 0. The van der Waals surface area contributed by atoms with Crippen LogP contribution in [0, 0.1) is 39.4 Å². The Morgan fingerprint density at radius 2 is 1.68 bits per heavy atom. The zero-order valence-corrected chi connectivity index (χ0v) is 23.0. The summed E-state index contributed by atoms with van der Waals surface area (Å²) < 4.78 is 7.17. The number of ketones is 2. The van der Waals surface area contributed by atoms with Gasteiger partial charge in [-0.1, -0.05) is 41.5 Å². The van der Waals surface area contributed by atoms with Gasteiger partial charge in [-0.15, -0.1) is 0 Å². The van der Waals surface area contributed by atoms with E-state index in [9.17, 15) is 14.7 Å². The van der Waals surface area contributed by atoms with Gasteiger partial charge in [-0.05, 0) is 88.4 Å². The Kier molecular flexibility index (Phi) is 5.11. The number of aliphatic hydroxyl groups is 1. The molecule has 0 aromatic heterocycles. The number of fused-ring (bicyclic) bond motifs is 2.